The van der Waals surface area contributed by atoms with Crippen LogP contribution in [0.5, 0.6) is 0 Å². The van der Waals surface area contributed by atoms with E-state index < -0.39 is 18.0 Å². The van der Waals surface area contributed by atoms with Crippen LogP contribution in [0.4, 0.5) is 0 Å². The predicted octanol–water partition coefficient (Wildman–Crippen LogP) is -0.560. The van der Waals surface area contributed by atoms with E-state index >= 15 is 0 Å². The van der Waals surface area contributed by atoms with Crippen molar-refractivity contribution in [1.82, 2.24) is 0 Å². The molecule has 0 rings (SSSR count). The summed E-state index contributed by atoms with van der Waals surface area (Å²) in [5.41, 5.74) is 4.97. The van der Waals surface area contributed by atoms with Crippen LogP contribution in [0.3, 0.4) is 0 Å². The summed E-state index contributed by atoms with van der Waals surface area (Å²) in [5, 5.41) is 0. The number of ether oxygens (including phenoxy) is 2. The van der Waals surface area contributed by atoms with Gasteiger partial charge < -0.3 is 15.2 Å². The van der Waals surface area contributed by atoms with Crippen molar-refractivity contribution in [3.05, 3.63) is 0 Å². The summed E-state index contributed by atoms with van der Waals surface area (Å²) in [6.07, 6.45) is -0.874. The van der Waals surface area contributed by atoms with Crippen LogP contribution in [0.1, 0.15) is 13.8 Å². The Morgan fingerprint density at radius 3 is 2.50 bits per heavy atom. The van der Waals surface area contributed by atoms with Crippen LogP contribution in [0, 0.1) is 0 Å². The standard InChI is InChI=1S/C7H13NO4/c1-3-11-7(10)5(2)12-6(9)4-8/h5H,3-4,8H2,1-2H3/t5-/m0/s1. The Morgan fingerprint density at radius 1 is 1.50 bits per heavy atom. The number of rotatable bonds is 4. The molecular weight excluding hydrogens is 162 g/mol. The molecule has 0 saturated heterocycles. The van der Waals surface area contributed by atoms with Gasteiger partial charge in [-0.2, -0.15) is 0 Å². The van der Waals surface area contributed by atoms with Crippen LogP contribution in [0.25, 0.3) is 0 Å². The van der Waals surface area contributed by atoms with Crippen molar-refractivity contribution in [2.75, 3.05) is 13.2 Å². The SMILES string of the molecule is CCOC(=O)[C@H](C)OC(=O)CN. The smallest absolute Gasteiger partial charge is 0.347 e. The van der Waals surface area contributed by atoms with E-state index in [0.29, 0.717) is 0 Å². The van der Waals surface area contributed by atoms with Crippen molar-refractivity contribution in [2.45, 2.75) is 20.0 Å². The molecule has 0 heterocycles. The highest BCUT2D eigenvalue weighted by atomic mass is 16.6. The van der Waals surface area contributed by atoms with Gasteiger partial charge in [0, 0.05) is 0 Å². The fourth-order valence-electron chi connectivity index (χ4n) is 0.553. The summed E-state index contributed by atoms with van der Waals surface area (Å²) in [4.78, 5) is 21.4. The van der Waals surface area contributed by atoms with E-state index in [1.165, 1.54) is 6.92 Å². The van der Waals surface area contributed by atoms with Crippen molar-refractivity contribution >= 4 is 11.9 Å². The molecule has 0 spiro atoms. The zero-order valence-corrected chi connectivity index (χ0v) is 7.20. The third-order valence-corrected chi connectivity index (χ3v) is 1.09. The minimum absolute atomic E-state index is 0.232. The highest BCUT2D eigenvalue weighted by Crippen LogP contribution is 1.94. The first-order chi connectivity index (χ1) is 5.61. The summed E-state index contributed by atoms with van der Waals surface area (Å²) in [6.45, 7) is 3.15. The summed E-state index contributed by atoms with van der Waals surface area (Å²) in [6, 6.07) is 0. The van der Waals surface area contributed by atoms with Gasteiger partial charge in [-0.1, -0.05) is 0 Å². The minimum atomic E-state index is -0.874. The van der Waals surface area contributed by atoms with Crippen LogP contribution in [0.15, 0.2) is 0 Å². The minimum Gasteiger partial charge on any atom is -0.463 e. The molecule has 5 nitrogen and oxygen atoms in total. The molecule has 0 aliphatic carbocycles. The molecule has 0 aromatic heterocycles. The second-order valence-electron chi connectivity index (χ2n) is 2.09. The number of carbonyl (C=O) groups is 2. The number of nitrogens with two attached hydrogens (primary N) is 1. The van der Waals surface area contributed by atoms with Crippen molar-refractivity contribution < 1.29 is 19.1 Å². The maximum absolute atomic E-state index is 10.9. The Bertz CT molecular complexity index is 169. The lowest BCUT2D eigenvalue weighted by Crippen LogP contribution is -2.29. The quantitative estimate of drug-likeness (QED) is 0.579. The van der Waals surface area contributed by atoms with E-state index in [1.807, 2.05) is 0 Å². The van der Waals surface area contributed by atoms with Gasteiger partial charge in [0.1, 0.15) is 0 Å². The van der Waals surface area contributed by atoms with Crippen molar-refractivity contribution in [1.29, 1.82) is 0 Å². The molecule has 70 valence electrons. The fraction of sp³-hybridized carbons (Fsp3) is 0.714. The Balaban J connectivity index is 3.78. The average Bonchev–Trinajstić information content (AvgIpc) is 2.04. The lowest BCUT2D eigenvalue weighted by Gasteiger charge is -2.10. The Kier molecular flexibility index (Phi) is 5.03. The van der Waals surface area contributed by atoms with Gasteiger partial charge in [-0.25, -0.2) is 4.79 Å². The first-order valence-electron chi connectivity index (χ1n) is 3.68. The van der Waals surface area contributed by atoms with E-state index in [-0.39, 0.29) is 13.2 Å². The number of esters is 2. The van der Waals surface area contributed by atoms with E-state index in [0.717, 1.165) is 0 Å². The molecule has 0 radical (unpaired) electrons. The number of hydrogen-bond acceptors (Lipinski definition) is 5. The zero-order valence-electron chi connectivity index (χ0n) is 7.20. The molecule has 0 unspecified atom stereocenters. The molecule has 0 fully saturated rings. The molecule has 0 aliphatic heterocycles. The molecule has 5 heteroatoms. The lowest BCUT2D eigenvalue weighted by molar-refractivity contribution is -0.165. The predicted molar refractivity (Wildman–Crippen MR) is 41.2 cm³/mol. The first-order valence-corrected chi connectivity index (χ1v) is 3.68. The molecule has 1 atom stereocenters. The van der Waals surface area contributed by atoms with Crippen molar-refractivity contribution in [3.63, 3.8) is 0 Å². The Morgan fingerprint density at radius 2 is 2.08 bits per heavy atom. The molecular formula is C7H13NO4. The van der Waals surface area contributed by atoms with E-state index in [2.05, 4.69) is 9.47 Å². The van der Waals surface area contributed by atoms with Crippen LogP contribution in [0.2, 0.25) is 0 Å². The lowest BCUT2D eigenvalue weighted by atomic mass is 10.4. The van der Waals surface area contributed by atoms with E-state index in [9.17, 15) is 9.59 Å². The van der Waals surface area contributed by atoms with Gasteiger partial charge in [-0.15, -0.1) is 0 Å². The van der Waals surface area contributed by atoms with Gasteiger partial charge >= 0.3 is 11.9 Å². The second kappa shape index (κ2) is 5.54. The van der Waals surface area contributed by atoms with Crippen LogP contribution in [-0.4, -0.2) is 31.2 Å². The fourth-order valence-corrected chi connectivity index (χ4v) is 0.553. The van der Waals surface area contributed by atoms with Crippen LogP contribution >= 0.6 is 0 Å². The maximum Gasteiger partial charge on any atom is 0.347 e. The van der Waals surface area contributed by atoms with Gasteiger partial charge in [-0.3, -0.25) is 4.79 Å². The van der Waals surface area contributed by atoms with Gasteiger partial charge in [0.25, 0.3) is 0 Å². The Hall–Kier alpha value is -1.10. The van der Waals surface area contributed by atoms with Crippen LogP contribution < -0.4 is 5.73 Å². The largest absolute Gasteiger partial charge is 0.463 e. The first kappa shape index (κ1) is 10.9. The van der Waals surface area contributed by atoms with Crippen molar-refractivity contribution in [2.24, 2.45) is 5.73 Å². The van der Waals surface area contributed by atoms with E-state index in [1.54, 1.807) is 6.92 Å². The third-order valence-electron chi connectivity index (χ3n) is 1.09. The monoisotopic (exact) mass is 175 g/mol. The topological polar surface area (TPSA) is 78.6 Å². The Labute approximate surface area is 70.8 Å². The zero-order chi connectivity index (χ0) is 9.56. The van der Waals surface area contributed by atoms with E-state index in [4.69, 9.17) is 5.73 Å². The van der Waals surface area contributed by atoms with Gasteiger partial charge in [-0.05, 0) is 13.8 Å². The summed E-state index contributed by atoms with van der Waals surface area (Å²) >= 11 is 0. The normalized spacial score (nSPS) is 11.9. The molecule has 2 N–H and O–H groups in total. The van der Waals surface area contributed by atoms with Crippen LogP contribution in [-0.2, 0) is 19.1 Å². The van der Waals surface area contributed by atoms with Gasteiger partial charge in [0.2, 0.25) is 0 Å². The molecule has 0 bridgehead atoms. The summed E-state index contributed by atoms with van der Waals surface area (Å²) < 4.78 is 9.17. The third kappa shape index (κ3) is 3.92. The molecule has 0 aromatic carbocycles. The molecule has 0 aromatic rings. The van der Waals surface area contributed by atoms with Gasteiger partial charge in [0.05, 0.1) is 13.2 Å². The van der Waals surface area contributed by atoms with Gasteiger partial charge in [0.15, 0.2) is 6.10 Å². The maximum atomic E-state index is 10.9. The molecule has 0 amide bonds. The second-order valence-corrected chi connectivity index (χ2v) is 2.09. The number of carbonyl (C=O) groups excluding carboxylic acids is 2. The number of hydrogen-bond donors (Lipinski definition) is 1. The summed E-state index contributed by atoms with van der Waals surface area (Å²) in [7, 11) is 0. The highest BCUT2D eigenvalue weighted by Gasteiger charge is 2.17. The average molecular weight is 175 g/mol. The molecule has 0 saturated carbocycles. The van der Waals surface area contributed by atoms with Crippen molar-refractivity contribution in [3.8, 4) is 0 Å². The molecule has 12 heavy (non-hydrogen) atoms. The highest BCUT2D eigenvalue weighted by molar-refractivity contribution is 5.79. The molecule has 0 aliphatic rings. The summed E-state index contributed by atoms with van der Waals surface area (Å²) in [5.74, 6) is -1.17.